The number of piperidine rings is 1. The highest BCUT2D eigenvalue weighted by Gasteiger charge is 2.54. The molecule has 10 nitrogen and oxygen atoms in total. The van der Waals surface area contributed by atoms with Crippen molar-refractivity contribution in [2.45, 2.75) is 65.4 Å². The van der Waals surface area contributed by atoms with Gasteiger partial charge in [0.1, 0.15) is 11.6 Å². The molecule has 3 aromatic carbocycles. The average molecular weight is 794 g/mol. The Morgan fingerprint density at radius 3 is 2.32 bits per heavy atom. The number of halogens is 3. The minimum atomic E-state index is -4.12. The molecule has 4 aliphatic rings. The van der Waals surface area contributed by atoms with E-state index in [1.807, 2.05) is 6.07 Å². The van der Waals surface area contributed by atoms with Crippen LogP contribution in [0, 0.1) is 23.5 Å². The maximum Gasteiger partial charge on any atom is 0.407 e. The molecule has 300 valence electrons. The number of rotatable bonds is 13. The molecule has 7 rings (SSSR count). The van der Waals surface area contributed by atoms with Crippen molar-refractivity contribution in [3.05, 3.63) is 96.6 Å². The first-order valence-corrected chi connectivity index (χ1v) is 20.9. The predicted octanol–water partition coefficient (Wildman–Crippen LogP) is 6.33. The van der Waals surface area contributed by atoms with E-state index in [4.69, 9.17) is 4.74 Å². The second-order valence-corrected chi connectivity index (χ2v) is 17.8. The van der Waals surface area contributed by atoms with Crippen LogP contribution in [0.3, 0.4) is 0 Å². The number of carbonyl (C=O) groups is 2. The third-order valence-electron chi connectivity index (χ3n) is 12.4. The number of alkyl carbamates (subject to hydrolysis) is 1. The van der Waals surface area contributed by atoms with Crippen molar-refractivity contribution in [3.8, 4) is 0 Å². The molecule has 0 radical (unpaired) electrons. The molecule has 0 aromatic heterocycles. The van der Waals surface area contributed by atoms with Crippen LogP contribution >= 0.6 is 0 Å². The highest BCUT2D eigenvalue weighted by atomic mass is 32.2. The lowest BCUT2D eigenvalue weighted by Gasteiger charge is -2.54. The number of anilines is 2. The van der Waals surface area contributed by atoms with Crippen molar-refractivity contribution in [1.82, 2.24) is 15.1 Å². The number of methoxy groups -OCH3 is 1. The van der Waals surface area contributed by atoms with Crippen LogP contribution in [0.4, 0.5) is 29.3 Å². The highest BCUT2D eigenvalue weighted by molar-refractivity contribution is 7.91. The van der Waals surface area contributed by atoms with Crippen molar-refractivity contribution in [2.75, 3.05) is 69.7 Å². The molecule has 2 N–H and O–H groups in total. The van der Waals surface area contributed by atoms with Crippen LogP contribution in [0.5, 0.6) is 0 Å². The number of nitrogens with one attached hydrogen (secondary N) is 2. The fraction of sp³-hybridized carbons (Fsp3) is 0.476. The Morgan fingerprint density at radius 1 is 0.929 bits per heavy atom. The molecule has 56 heavy (non-hydrogen) atoms. The number of nitrogens with zero attached hydrogens (tertiary/aromatic N) is 3. The summed E-state index contributed by atoms with van der Waals surface area (Å²) in [6.07, 6.45) is 5.93. The molecular formula is C42H50F3N5O5S. The average Bonchev–Trinajstić information content (AvgIpc) is 3.62. The van der Waals surface area contributed by atoms with Gasteiger partial charge in [0, 0.05) is 30.2 Å². The van der Waals surface area contributed by atoms with Crippen molar-refractivity contribution >= 4 is 33.2 Å². The number of likely N-dealkylation sites (tertiary alicyclic amines) is 2. The molecule has 0 unspecified atom stereocenters. The number of hydrogen-bond donors (Lipinski definition) is 2. The lowest BCUT2D eigenvalue weighted by molar-refractivity contribution is -0.111. The van der Waals surface area contributed by atoms with E-state index in [2.05, 4.69) is 27.0 Å². The van der Waals surface area contributed by atoms with E-state index in [-0.39, 0.29) is 64.5 Å². The molecule has 1 saturated carbocycles. The molecule has 3 heterocycles. The summed E-state index contributed by atoms with van der Waals surface area (Å²) in [6, 6.07) is 16.1. The molecule has 0 bridgehead atoms. The molecule has 3 aromatic rings. The number of carbonyl (C=O) groups excluding carboxylic acids is 2. The SMILES string of the molecule is C=CC(=O)Nc1cccc(S(=O)(=O)c2ccc(N3CC(F)(CN4CCC([C@@](CN5CCC5)(c5cccc(F)c5)[C@H]5CCC[C@@H]5NC(=O)OC)CC4)C3)c(F)c2)c1. The van der Waals surface area contributed by atoms with Gasteiger partial charge >= 0.3 is 6.09 Å². The normalized spacial score (nSPS) is 22.7. The first-order chi connectivity index (χ1) is 26.8. The zero-order chi connectivity index (χ0) is 39.7. The summed E-state index contributed by atoms with van der Waals surface area (Å²) in [5.74, 6) is -1.32. The van der Waals surface area contributed by atoms with Gasteiger partial charge in [0.15, 0.2) is 5.67 Å². The van der Waals surface area contributed by atoms with Gasteiger partial charge in [-0.25, -0.2) is 26.4 Å². The number of benzene rings is 3. The first-order valence-electron chi connectivity index (χ1n) is 19.4. The standard InChI is InChI=1S/C42H50F3N5O5S/c1-3-39(51)46-32-10-5-11-33(23-32)56(53,54)34-14-15-38(36(44)24-34)50-26-41(45,27-50)25-49-20-16-29(17-21-49)42(28-48-18-7-19-48,30-8-4-9-31(43)22-30)35-12-6-13-37(35)47-40(52)55-2/h3-5,8-11,14-15,22-24,29,35,37H,1,6-7,12-13,16-21,25-28H2,2H3,(H,46,51)(H,47,52)/t35-,37-,42-/m0/s1. The number of ether oxygens (including phenoxy) is 1. The Kier molecular flexibility index (Phi) is 11.5. The van der Waals surface area contributed by atoms with E-state index >= 15 is 8.78 Å². The van der Waals surface area contributed by atoms with E-state index in [1.165, 1.54) is 49.6 Å². The highest BCUT2D eigenvalue weighted by Crippen LogP contribution is 2.52. The summed E-state index contributed by atoms with van der Waals surface area (Å²) >= 11 is 0. The van der Waals surface area contributed by atoms with Gasteiger partial charge in [0.25, 0.3) is 0 Å². The van der Waals surface area contributed by atoms with Gasteiger partial charge in [0.2, 0.25) is 15.7 Å². The number of sulfone groups is 1. The van der Waals surface area contributed by atoms with Crippen LogP contribution in [-0.4, -0.2) is 101 Å². The third-order valence-corrected chi connectivity index (χ3v) is 14.2. The Labute approximate surface area is 327 Å². The number of alkyl halides is 1. The van der Waals surface area contributed by atoms with Gasteiger partial charge in [-0.15, -0.1) is 0 Å². The van der Waals surface area contributed by atoms with Crippen molar-refractivity contribution in [1.29, 1.82) is 0 Å². The molecular weight excluding hydrogens is 744 g/mol. The Hall–Kier alpha value is -4.40. The zero-order valence-electron chi connectivity index (χ0n) is 31.7. The van der Waals surface area contributed by atoms with E-state index in [0.29, 0.717) is 13.1 Å². The van der Waals surface area contributed by atoms with Crippen LogP contribution in [0.2, 0.25) is 0 Å². The Morgan fingerprint density at radius 2 is 1.66 bits per heavy atom. The molecule has 1 aliphatic carbocycles. The summed E-state index contributed by atoms with van der Waals surface area (Å²) in [5.41, 5.74) is -0.683. The van der Waals surface area contributed by atoms with Gasteiger partial charge in [-0.3, -0.25) is 9.69 Å². The lowest BCUT2D eigenvalue weighted by Crippen LogP contribution is -2.65. The molecule has 0 spiro atoms. The first kappa shape index (κ1) is 39.8. The molecule has 3 atom stereocenters. The monoisotopic (exact) mass is 793 g/mol. The maximum absolute atomic E-state index is 16.3. The summed E-state index contributed by atoms with van der Waals surface area (Å²) in [6.45, 7) is 7.50. The molecule has 3 aliphatic heterocycles. The summed E-state index contributed by atoms with van der Waals surface area (Å²) < 4.78 is 78.5. The van der Waals surface area contributed by atoms with E-state index < -0.39 is 38.7 Å². The molecule has 2 amide bonds. The fourth-order valence-corrected chi connectivity index (χ4v) is 11.0. The lowest BCUT2D eigenvalue weighted by atomic mass is 9.57. The quantitative estimate of drug-likeness (QED) is 0.193. The largest absolute Gasteiger partial charge is 0.453 e. The van der Waals surface area contributed by atoms with Crippen LogP contribution in [0.15, 0.2) is 89.2 Å². The molecule has 14 heteroatoms. The summed E-state index contributed by atoms with van der Waals surface area (Å²) in [5, 5.41) is 5.63. The van der Waals surface area contributed by atoms with Crippen LogP contribution in [0.25, 0.3) is 0 Å². The number of hydrogen-bond acceptors (Lipinski definition) is 8. The van der Waals surface area contributed by atoms with Crippen molar-refractivity contribution in [2.24, 2.45) is 11.8 Å². The fourth-order valence-electron chi connectivity index (χ4n) is 9.63. The summed E-state index contributed by atoms with van der Waals surface area (Å²) in [7, 11) is -2.75. The minimum absolute atomic E-state index is 0.0356. The van der Waals surface area contributed by atoms with Gasteiger partial charge < -0.3 is 25.2 Å². The van der Waals surface area contributed by atoms with Crippen LogP contribution < -0.4 is 15.5 Å². The second kappa shape index (κ2) is 16.2. The maximum atomic E-state index is 16.3. The summed E-state index contributed by atoms with van der Waals surface area (Å²) in [4.78, 5) is 30.0. The minimum Gasteiger partial charge on any atom is -0.453 e. The third kappa shape index (κ3) is 8.05. The predicted molar refractivity (Wildman–Crippen MR) is 208 cm³/mol. The van der Waals surface area contributed by atoms with Gasteiger partial charge in [0.05, 0.1) is 35.7 Å². The Bertz CT molecular complexity index is 2050. The molecule has 3 saturated heterocycles. The van der Waals surface area contributed by atoms with E-state index in [1.54, 1.807) is 17.0 Å². The van der Waals surface area contributed by atoms with Crippen molar-refractivity contribution in [3.63, 3.8) is 0 Å². The second-order valence-electron chi connectivity index (χ2n) is 15.9. The smallest absolute Gasteiger partial charge is 0.407 e. The van der Waals surface area contributed by atoms with E-state index in [0.717, 1.165) is 75.9 Å². The molecule has 4 fully saturated rings. The van der Waals surface area contributed by atoms with Crippen molar-refractivity contribution < 1.29 is 35.9 Å². The van der Waals surface area contributed by atoms with Gasteiger partial charge in [-0.2, -0.15) is 0 Å². The zero-order valence-corrected chi connectivity index (χ0v) is 32.5. The van der Waals surface area contributed by atoms with Gasteiger partial charge in [-0.05, 0) is 130 Å². The van der Waals surface area contributed by atoms with Gasteiger partial charge in [-0.1, -0.05) is 31.2 Å². The van der Waals surface area contributed by atoms with Crippen LogP contribution in [-0.2, 0) is 24.8 Å². The van der Waals surface area contributed by atoms with E-state index in [9.17, 15) is 22.4 Å². The number of amides is 2. The van der Waals surface area contributed by atoms with Crippen LogP contribution in [0.1, 0.15) is 44.1 Å². The topological polar surface area (TPSA) is 111 Å². The Balaban J connectivity index is 1.03.